The van der Waals surface area contributed by atoms with Gasteiger partial charge in [-0.1, -0.05) is 0 Å². The molecule has 2 heterocycles. The molecular weight excluding hydrogens is 242 g/mol. The van der Waals surface area contributed by atoms with Crippen LogP contribution in [0.25, 0.3) is 0 Å². The molecule has 0 radical (unpaired) electrons. The summed E-state index contributed by atoms with van der Waals surface area (Å²) in [6.07, 6.45) is 5.18. The first-order valence-corrected chi connectivity index (χ1v) is 6.00. The van der Waals surface area contributed by atoms with Gasteiger partial charge in [-0.2, -0.15) is 5.10 Å². The first kappa shape index (κ1) is 13.1. The van der Waals surface area contributed by atoms with Crippen molar-refractivity contribution in [2.24, 2.45) is 7.05 Å². The van der Waals surface area contributed by atoms with Crippen LogP contribution in [-0.2, 0) is 13.6 Å². The van der Waals surface area contributed by atoms with Crippen LogP contribution in [0.5, 0.6) is 0 Å². The molecule has 100 valence electrons. The zero-order valence-corrected chi connectivity index (χ0v) is 11.3. The second-order valence-electron chi connectivity index (χ2n) is 4.33. The van der Waals surface area contributed by atoms with Gasteiger partial charge < -0.3 is 10.6 Å². The lowest BCUT2D eigenvalue weighted by molar-refractivity contribution is 0.0951. The number of carbonyl (C=O) groups excluding carboxylic acids is 1. The molecule has 0 unspecified atom stereocenters. The minimum absolute atomic E-state index is 0.152. The van der Waals surface area contributed by atoms with E-state index in [1.807, 2.05) is 26.2 Å². The summed E-state index contributed by atoms with van der Waals surface area (Å²) >= 11 is 0. The molecule has 0 saturated carbocycles. The summed E-state index contributed by atoms with van der Waals surface area (Å²) in [6.45, 7) is 2.34. The lowest BCUT2D eigenvalue weighted by Gasteiger charge is -2.09. The summed E-state index contributed by atoms with van der Waals surface area (Å²) in [4.78, 5) is 16.2. The lowest BCUT2D eigenvalue weighted by atomic mass is 10.2. The molecule has 0 atom stereocenters. The fourth-order valence-electron chi connectivity index (χ4n) is 1.79. The predicted molar refractivity (Wildman–Crippen MR) is 72.9 cm³/mol. The highest BCUT2D eigenvalue weighted by Crippen LogP contribution is 2.14. The summed E-state index contributed by atoms with van der Waals surface area (Å²) < 4.78 is 1.70. The largest absolute Gasteiger partial charge is 0.387 e. The molecule has 2 aromatic rings. The molecule has 6 heteroatoms. The number of hydrogen-bond acceptors (Lipinski definition) is 4. The third kappa shape index (κ3) is 3.09. The average Bonchev–Trinajstić information content (AvgIpc) is 2.81. The summed E-state index contributed by atoms with van der Waals surface area (Å²) in [5, 5.41) is 9.91. The van der Waals surface area contributed by atoms with Gasteiger partial charge in [0.05, 0.1) is 17.4 Å². The number of anilines is 1. The number of hydrogen-bond donors (Lipinski definition) is 2. The van der Waals surface area contributed by atoms with Gasteiger partial charge in [-0.3, -0.25) is 14.5 Å². The van der Waals surface area contributed by atoms with Crippen molar-refractivity contribution in [1.29, 1.82) is 0 Å². The Morgan fingerprint density at radius 1 is 1.42 bits per heavy atom. The Labute approximate surface area is 111 Å². The quantitative estimate of drug-likeness (QED) is 0.862. The van der Waals surface area contributed by atoms with Crippen LogP contribution in [0, 0.1) is 6.92 Å². The number of nitrogens with zero attached hydrogens (tertiary/aromatic N) is 3. The van der Waals surface area contributed by atoms with Crippen LogP contribution in [-0.4, -0.2) is 27.7 Å². The molecule has 1 amide bonds. The zero-order valence-electron chi connectivity index (χ0n) is 11.3. The van der Waals surface area contributed by atoms with Gasteiger partial charge in [0, 0.05) is 44.3 Å². The maximum Gasteiger partial charge on any atom is 0.255 e. The summed E-state index contributed by atoms with van der Waals surface area (Å²) in [5.41, 5.74) is 3.14. The van der Waals surface area contributed by atoms with Crippen molar-refractivity contribution < 1.29 is 4.79 Å². The zero-order chi connectivity index (χ0) is 13.8. The molecule has 2 N–H and O–H groups in total. The molecule has 0 saturated heterocycles. The minimum atomic E-state index is -0.152. The molecule has 0 bridgehead atoms. The lowest BCUT2D eigenvalue weighted by Crippen LogP contribution is -2.23. The van der Waals surface area contributed by atoms with Crippen molar-refractivity contribution in [3.63, 3.8) is 0 Å². The Balaban J connectivity index is 2.07. The molecular formula is C13H17N5O. The third-order valence-electron chi connectivity index (χ3n) is 2.77. The van der Waals surface area contributed by atoms with Crippen molar-refractivity contribution in [3.8, 4) is 0 Å². The molecule has 6 nitrogen and oxygen atoms in total. The molecule has 0 fully saturated rings. The Morgan fingerprint density at radius 3 is 2.84 bits per heavy atom. The topological polar surface area (TPSA) is 71.8 Å². The second-order valence-corrected chi connectivity index (χ2v) is 4.33. The van der Waals surface area contributed by atoms with Gasteiger partial charge >= 0.3 is 0 Å². The van der Waals surface area contributed by atoms with E-state index < -0.39 is 0 Å². The Morgan fingerprint density at radius 2 is 2.21 bits per heavy atom. The van der Waals surface area contributed by atoms with Gasteiger partial charge in [0.15, 0.2) is 0 Å². The van der Waals surface area contributed by atoms with Crippen LogP contribution in [0.15, 0.2) is 24.7 Å². The van der Waals surface area contributed by atoms with Gasteiger partial charge in [-0.25, -0.2) is 0 Å². The van der Waals surface area contributed by atoms with E-state index >= 15 is 0 Å². The van der Waals surface area contributed by atoms with Gasteiger partial charge in [0.2, 0.25) is 0 Å². The van der Waals surface area contributed by atoms with Crippen LogP contribution < -0.4 is 10.6 Å². The third-order valence-corrected chi connectivity index (χ3v) is 2.77. The van der Waals surface area contributed by atoms with Gasteiger partial charge in [0.25, 0.3) is 5.91 Å². The number of pyridine rings is 1. The number of amides is 1. The molecule has 0 spiro atoms. The van der Waals surface area contributed by atoms with E-state index in [0.717, 1.165) is 16.9 Å². The summed E-state index contributed by atoms with van der Waals surface area (Å²) in [5.74, 6) is -0.152. The number of aryl methyl sites for hydroxylation is 2. The Kier molecular flexibility index (Phi) is 3.79. The van der Waals surface area contributed by atoms with Crippen molar-refractivity contribution in [3.05, 3.63) is 41.5 Å². The van der Waals surface area contributed by atoms with Crippen LogP contribution in [0.4, 0.5) is 5.69 Å². The monoisotopic (exact) mass is 259 g/mol. The average molecular weight is 259 g/mol. The fourth-order valence-corrected chi connectivity index (χ4v) is 1.79. The van der Waals surface area contributed by atoms with E-state index in [4.69, 9.17) is 0 Å². The maximum absolute atomic E-state index is 12.1. The first-order valence-electron chi connectivity index (χ1n) is 6.00. The molecule has 0 aliphatic heterocycles. The summed E-state index contributed by atoms with van der Waals surface area (Å²) in [7, 11) is 3.63. The SMILES string of the molecule is CNc1cc(C)ncc1C(=O)NCc1cnn(C)c1. The van der Waals surface area contributed by atoms with Gasteiger partial charge in [-0.05, 0) is 13.0 Å². The highest BCUT2D eigenvalue weighted by molar-refractivity contribution is 5.99. The molecule has 0 aliphatic rings. The van der Waals surface area contributed by atoms with E-state index in [0.29, 0.717) is 12.1 Å². The Hall–Kier alpha value is -2.37. The van der Waals surface area contributed by atoms with Crippen molar-refractivity contribution in [2.75, 3.05) is 12.4 Å². The standard InChI is InChI=1S/C13H17N5O/c1-9-4-12(14-2)11(7-15-9)13(19)16-5-10-6-17-18(3)8-10/h4,6-8H,5H2,1-3H3,(H,14,15)(H,16,19). The molecule has 0 aliphatic carbocycles. The van der Waals surface area contributed by atoms with Crippen molar-refractivity contribution in [1.82, 2.24) is 20.1 Å². The first-order chi connectivity index (χ1) is 9.10. The Bertz CT molecular complexity index is 590. The molecule has 2 aromatic heterocycles. The molecule has 0 aromatic carbocycles. The van der Waals surface area contributed by atoms with Gasteiger partial charge in [0.1, 0.15) is 0 Å². The smallest absolute Gasteiger partial charge is 0.255 e. The van der Waals surface area contributed by atoms with E-state index in [2.05, 4.69) is 20.7 Å². The van der Waals surface area contributed by atoms with Crippen molar-refractivity contribution in [2.45, 2.75) is 13.5 Å². The van der Waals surface area contributed by atoms with E-state index in [1.54, 1.807) is 24.1 Å². The number of rotatable bonds is 4. The maximum atomic E-state index is 12.1. The van der Waals surface area contributed by atoms with Crippen LogP contribution in [0.3, 0.4) is 0 Å². The highest BCUT2D eigenvalue weighted by Gasteiger charge is 2.11. The van der Waals surface area contributed by atoms with E-state index in [1.165, 1.54) is 0 Å². The predicted octanol–water partition coefficient (Wildman–Crippen LogP) is 1.10. The fraction of sp³-hybridized carbons (Fsp3) is 0.308. The normalized spacial score (nSPS) is 10.3. The molecule has 2 rings (SSSR count). The van der Waals surface area contributed by atoms with Crippen LogP contribution in [0.2, 0.25) is 0 Å². The number of nitrogens with one attached hydrogen (secondary N) is 2. The van der Waals surface area contributed by atoms with Crippen LogP contribution >= 0.6 is 0 Å². The second kappa shape index (κ2) is 5.51. The molecule has 19 heavy (non-hydrogen) atoms. The summed E-state index contributed by atoms with van der Waals surface area (Å²) in [6, 6.07) is 1.85. The van der Waals surface area contributed by atoms with Crippen LogP contribution in [0.1, 0.15) is 21.6 Å². The number of carbonyl (C=O) groups is 1. The highest BCUT2D eigenvalue weighted by atomic mass is 16.1. The minimum Gasteiger partial charge on any atom is -0.387 e. The van der Waals surface area contributed by atoms with E-state index in [-0.39, 0.29) is 5.91 Å². The van der Waals surface area contributed by atoms with Crippen molar-refractivity contribution >= 4 is 11.6 Å². The van der Waals surface area contributed by atoms with E-state index in [9.17, 15) is 4.79 Å². The van der Waals surface area contributed by atoms with Gasteiger partial charge in [-0.15, -0.1) is 0 Å². The number of aromatic nitrogens is 3.